The van der Waals surface area contributed by atoms with Crippen LogP contribution in [-0.4, -0.2) is 4.98 Å². The second-order valence-electron chi connectivity index (χ2n) is 3.21. The quantitative estimate of drug-likeness (QED) is 0.826. The first-order chi connectivity index (χ1) is 7.75. The molecule has 0 N–H and O–H groups in total. The molecule has 2 rings (SSSR count). The van der Waals surface area contributed by atoms with Gasteiger partial charge in [-0.1, -0.05) is 23.2 Å². The van der Waals surface area contributed by atoms with Crippen LogP contribution < -0.4 is 4.74 Å². The van der Waals surface area contributed by atoms with E-state index in [0.717, 1.165) is 11.3 Å². The Labute approximate surface area is 104 Å². The number of hydrogen-bond acceptors (Lipinski definition) is 2. The van der Waals surface area contributed by atoms with Gasteiger partial charge in [-0.3, -0.25) is 4.98 Å². The Bertz CT molecular complexity index is 471. The van der Waals surface area contributed by atoms with Gasteiger partial charge in [0.25, 0.3) is 0 Å². The summed E-state index contributed by atoms with van der Waals surface area (Å²) in [6, 6.07) is 9.03. The van der Waals surface area contributed by atoms with Crippen LogP contribution in [0.5, 0.6) is 5.75 Å². The highest BCUT2D eigenvalue weighted by molar-refractivity contribution is 6.31. The highest BCUT2D eigenvalue weighted by Gasteiger charge is 2.00. The van der Waals surface area contributed by atoms with Gasteiger partial charge in [-0.2, -0.15) is 0 Å². The highest BCUT2D eigenvalue weighted by Crippen LogP contribution is 2.19. The van der Waals surface area contributed by atoms with Crippen LogP contribution in [0.4, 0.5) is 0 Å². The molecule has 0 spiro atoms. The van der Waals surface area contributed by atoms with Gasteiger partial charge in [0, 0.05) is 23.0 Å². The zero-order valence-electron chi connectivity index (χ0n) is 8.36. The minimum absolute atomic E-state index is 0.420. The van der Waals surface area contributed by atoms with Crippen LogP contribution in [0.25, 0.3) is 0 Å². The second kappa shape index (κ2) is 5.19. The second-order valence-corrected chi connectivity index (χ2v) is 4.05. The fraction of sp³-hybridized carbons (Fsp3) is 0.0833. The van der Waals surface area contributed by atoms with E-state index in [2.05, 4.69) is 4.98 Å². The number of pyridine rings is 1. The van der Waals surface area contributed by atoms with E-state index >= 15 is 0 Å². The molecule has 0 saturated heterocycles. The maximum atomic E-state index is 5.95. The van der Waals surface area contributed by atoms with E-state index < -0.39 is 0 Å². The third kappa shape index (κ3) is 2.87. The van der Waals surface area contributed by atoms with Crippen molar-refractivity contribution in [3.8, 4) is 5.75 Å². The summed E-state index contributed by atoms with van der Waals surface area (Å²) in [5.41, 5.74) is 0.909. The maximum Gasteiger partial charge on any atom is 0.119 e. The summed E-state index contributed by atoms with van der Waals surface area (Å²) < 4.78 is 5.56. The first-order valence-corrected chi connectivity index (χ1v) is 5.48. The van der Waals surface area contributed by atoms with E-state index in [1.807, 2.05) is 18.2 Å². The van der Waals surface area contributed by atoms with E-state index in [-0.39, 0.29) is 0 Å². The summed E-state index contributed by atoms with van der Waals surface area (Å²) in [6.45, 7) is 0.420. The highest BCUT2D eigenvalue weighted by atomic mass is 35.5. The average molecular weight is 254 g/mol. The van der Waals surface area contributed by atoms with Gasteiger partial charge in [0.05, 0.1) is 5.02 Å². The van der Waals surface area contributed by atoms with Crippen molar-refractivity contribution in [2.45, 2.75) is 6.61 Å². The third-order valence-electron chi connectivity index (χ3n) is 2.06. The molecular formula is C12H9Cl2NO. The smallest absolute Gasteiger partial charge is 0.119 e. The zero-order chi connectivity index (χ0) is 11.4. The van der Waals surface area contributed by atoms with Crippen molar-refractivity contribution >= 4 is 23.2 Å². The van der Waals surface area contributed by atoms with Crippen molar-refractivity contribution in [1.29, 1.82) is 0 Å². The van der Waals surface area contributed by atoms with Gasteiger partial charge in [-0.25, -0.2) is 0 Å². The Morgan fingerprint density at radius 2 is 1.81 bits per heavy atom. The predicted octanol–water partition coefficient (Wildman–Crippen LogP) is 3.97. The van der Waals surface area contributed by atoms with Crippen molar-refractivity contribution in [3.63, 3.8) is 0 Å². The van der Waals surface area contributed by atoms with E-state index in [9.17, 15) is 0 Å². The van der Waals surface area contributed by atoms with Crippen LogP contribution >= 0.6 is 23.2 Å². The molecule has 0 bridgehead atoms. The molecule has 1 aromatic heterocycles. The molecule has 4 heteroatoms. The molecular weight excluding hydrogens is 245 g/mol. The molecule has 0 radical (unpaired) electrons. The third-order valence-corrected chi connectivity index (χ3v) is 2.66. The van der Waals surface area contributed by atoms with E-state index in [4.69, 9.17) is 27.9 Å². The molecule has 0 fully saturated rings. The molecule has 0 saturated carbocycles. The normalized spacial score (nSPS) is 10.1. The number of rotatable bonds is 3. The molecule has 0 amide bonds. The van der Waals surface area contributed by atoms with Gasteiger partial charge >= 0.3 is 0 Å². The van der Waals surface area contributed by atoms with Gasteiger partial charge in [-0.05, 0) is 30.3 Å². The summed E-state index contributed by atoms with van der Waals surface area (Å²) in [7, 11) is 0. The topological polar surface area (TPSA) is 22.1 Å². The number of ether oxygens (including phenoxy) is 1. The lowest BCUT2D eigenvalue weighted by Gasteiger charge is -2.07. The molecule has 0 aliphatic heterocycles. The molecule has 1 aromatic carbocycles. The maximum absolute atomic E-state index is 5.95. The number of aromatic nitrogens is 1. The molecule has 0 aliphatic carbocycles. The van der Waals surface area contributed by atoms with Crippen LogP contribution in [-0.2, 0) is 6.61 Å². The van der Waals surface area contributed by atoms with E-state index in [1.54, 1.807) is 24.5 Å². The van der Waals surface area contributed by atoms with Crippen LogP contribution in [0.15, 0.2) is 42.7 Å². The van der Waals surface area contributed by atoms with Crippen molar-refractivity contribution in [1.82, 2.24) is 4.98 Å². The van der Waals surface area contributed by atoms with Crippen LogP contribution in [0.3, 0.4) is 0 Å². The SMILES string of the molecule is Clc1ccc(OCc2ccncc2Cl)cc1. The molecule has 0 atom stereocenters. The Morgan fingerprint density at radius 3 is 2.50 bits per heavy atom. The van der Waals surface area contributed by atoms with Crippen LogP contribution in [0.2, 0.25) is 10.0 Å². The molecule has 82 valence electrons. The Hall–Kier alpha value is -1.25. The van der Waals surface area contributed by atoms with Crippen molar-refractivity contribution in [3.05, 3.63) is 58.3 Å². The summed E-state index contributed by atoms with van der Waals surface area (Å²) in [5.74, 6) is 0.761. The number of hydrogen-bond donors (Lipinski definition) is 0. The fourth-order valence-electron chi connectivity index (χ4n) is 1.21. The van der Waals surface area contributed by atoms with Gasteiger partial charge in [0.1, 0.15) is 12.4 Å². The molecule has 2 aromatic rings. The van der Waals surface area contributed by atoms with Gasteiger partial charge < -0.3 is 4.74 Å². The molecule has 0 aliphatic rings. The summed E-state index contributed by atoms with van der Waals surface area (Å²) >= 11 is 11.7. The summed E-state index contributed by atoms with van der Waals surface area (Å²) in [6.07, 6.45) is 3.29. The minimum atomic E-state index is 0.420. The molecule has 2 nitrogen and oxygen atoms in total. The summed E-state index contributed by atoms with van der Waals surface area (Å²) in [5, 5.41) is 1.30. The van der Waals surface area contributed by atoms with Crippen molar-refractivity contribution in [2.24, 2.45) is 0 Å². The average Bonchev–Trinajstić information content (AvgIpc) is 2.30. The van der Waals surface area contributed by atoms with Crippen LogP contribution in [0, 0.1) is 0 Å². The number of halogens is 2. The van der Waals surface area contributed by atoms with E-state index in [0.29, 0.717) is 16.7 Å². The van der Waals surface area contributed by atoms with Gasteiger partial charge in [0.15, 0.2) is 0 Å². The number of nitrogens with zero attached hydrogens (tertiary/aromatic N) is 1. The molecule has 1 heterocycles. The van der Waals surface area contributed by atoms with Gasteiger partial charge in [0.2, 0.25) is 0 Å². The van der Waals surface area contributed by atoms with Crippen molar-refractivity contribution < 1.29 is 4.74 Å². The largest absolute Gasteiger partial charge is 0.489 e. The predicted molar refractivity (Wildman–Crippen MR) is 65.0 cm³/mol. The molecule has 0 unspecified atom stereocenters. The Balaban J connectivity index is 2.02. The Morgan fingerprint density at radius 1 is 1.06 bits per heavy atom. The van der Waals surface area contributed by atoms with Gasteiger partial charge in [-0.15, -0.1) is 0 Å². The minimum Gasteiger partial charge on any atom is -0.489 e. The Kier molecular flexibility index (Phi) is 3.65. The standard InChI is InChI=1S/C12H9Cl2NO/c13-10-1-3-11(4-2-10)16-8-9-5-6-15-7-12(9)14/h1-7H,8H2. The lowest BCUT2D eigenvalue weighted by Crippen LogP contribution is -1.96. The molecule has 16 heavy (non-hydrogen) atoms. The van der Waals surface area contributed by atoms with E-state index in [1.165, 1.54) is 0 Å². The lowest BCUT2D eigenvalue weighted by atomic mass is 10.3. The van der Waals surface area contributed by atoms with Crippen molar-refractivity contribution in [2.75, 3.05) is 0 Å². The first-order valence-electron chi connectivity index (χ1n) is 4.72. The monoisotopic (exact) mass is 253 g/mol. The fourth-order valence-corrected chi connectivity index (χ4v) is 1.51. The summed E-state index contributed by atoms with van der Waals surface area (Å²) in [4.78, 5) is 3.91. The zero-order valence-corrected chi connectivity index (χ0v) is 9.87. The first kappa shape index (κ1) is 11.2. The number of benzene rings is 1. The van der Waals surface area contributed by atoms with Crippen LogP contribution in [0.1, 0.15) is 5.56 Å². The lowest BCUT2D eigenvalue weighted by molar-refractivity contribution is 0.306.